The van der Waals surface area contributed by atoms with Crippen molar-refractivity contribution in [3.05, 3.63) is 0 Å². The molecule has 0 aromatic carbocycles. The molecule has 0 bridgehead atoms. The van der Waals surface area contributed by atoms with E-state index in [0.717, 1.165) is 17.8 Å². The quantitative estimate of drug-likeness (QED) is 0.534. The van der Waals surface area contributed by atoms with Crippen molar-refractivity contribution in [2.45, 2.75) is 18.1 Å². The molecule has 76 valence electrons. The van der Waals surface area contributed by atoms with Crippen LogP contribution >= 0.6 is 11.8 Å². The Morgan fingerprint density at radius 3 is 2.85 bits per heavy atom. The highest BCUT2D eigenvalue weighted by atomic mass is 32.2. The van der Waals surface area contributed by atoms with E-state index in [4.69, 9.17) is 0 Å². The molecule has 1 aliphatic heterocycles. The van der Waals surface area contributed by atoms with Gasteiger partial charge in [-0.15, -0.1) is 0 Å². The van der Waals surface area contributed by atoms with Gasteiger partial charge in [0, 0.05) is 32.9 Å². The Hall–Kier alpha value is -0.380. The third kappa shape index (κ3) is 3.46. The predicted molar refractivity (Wildman–Crippen MR) is 60.5 cm³/mol. The first-order valence-corrected chi connectivity index (χ1v) is 5.78. The summed E-state index contributed by atoms with van der Waals surface area (Å²) in [6.45, 7) is 1.05. The second-order valence-corrected chi connectivity index (χ2v) is 4.87. The number of aliphatic imine (C=N–C) groups is 1. The maximum atomic E-state index is 4.17. The van der Waals surface area contributed by atoms with E-state index in [1.807, 2.05) is 26.0 Å². The van der Waals surface area contributed by atoms with Crippen LogP contribution in [0.25, 0.3) is 0 Å². The zero-order chi connectivity index (χ0) is 9.68. The molecule has 1 atom stereocenters. The van der Waals surface area contributed by atoms with Crippen molar-refractivity contribution in [1.82, 2.24) is 10.2 Å². The van der Waals surface area contributed by atoms with Gasteiger partial charge in [-0.3, -0.25) is 4.99 Å². The summed E-state index contributed by atoms with van der Waals surface area (Å²) in [7, 11) is 5.85. The van der Waals surface area contributed by atoms with E-state index >= 15 is 0 Å². The maximum absolute atomic E-state index is 4.17. The highest BCUT2D eigenvalue weighted by Crippen LogP contribution is 2.25. The molecule has 0 aromatic heterocycles. The fourth-order valence-electron chi connectivity index (χ4n) is 1.45. The van der Waals surface area contributed by atoms with Crippen LogP contribution in [0, 0.1) is 0 Å². The largest absolute Gasteiger partial charge is 0.355 e. The van der Waals surface area contributed by atoms with Crippen molar-refractivity contribution in [2.75, 3.05) is 33.4 Å². The van der Waals surface area contributed by atoms with Gasteiger partial charge in [-0.1, -0.05) is 0 Å². The van der Waals surface area contributed by atoms with Gasteiger partial charge >= 0.3 is 0 Å². The number of nitrogens with one attached hydrogen (secondary N) is 1. The van der Waals surface area contributed by atoms with Crippen LogP contribution in [0.15, 0.2) is 4.99 Å². The van der Waals surface area contributed by atoms with Crippen LogP contribution in [0.1, 0.15) is 12.8 Å². The third-order valence-corrected chi connectivity index (χ3v) is 3.55. The van der Waals surface area contributed by atoms with Crippen molar-refractivity contribution in [1.29, 1.82) is 0 Å². The number of thioether (sulfide) groups is 1. The molecule has 13 heavy (non-hydrogen) atoms. The first-order chi connectivity index (χ1) is 6.24. The van der Waals surface area contributed by atoms with Crippen LogP contribution < -0.4 is 5.32 Å². The van der Waals surface area contributed by atoms with Crippen LogP contribution in [0.4, 0.5) is 0 Å². The molecule has 1 saturated heterocycles. The average Bonchev–Trinajstić information content (AvgIpc) is 2.57. The Kier molecular flexibility index (Phi) is 4.42. The Balaban J connectivity index is 2.23. The van der Waals surface area contributed by atoms with E-state index in [0.29, 0.717) is 0 Å². The lowest BCUT2D eigenvalue weighted by atomic mass is 10.2. The van der Waals surface area contributed by atoms with Crippen molar-refractivity contribution in [3.8, 4) is 0 Å². The van der Waals surface area contributed by atoms with Gasteiger partial charge in [-0.25, -0.2) is 0 Å². The number of hydrogen-bond donors (Lipinski definition) is 1. The van der Waals surface area contributed by atoms with Crippen LogP contribution in [-0.4, -0.2) is 49.6 Å². The van der Waals surface area contributed by atoms with Crippen molar-refractivity contribution < 1.29 is 0 Å². The molecular formula is C9H19N3S. The van der Waals surface area contributed by atoms with E-state index in [-0.39, 0.29) is 0 Å². The van der Waals surface area contributed by atoms with Gasteiger partial charge in [0.2, 0.25) is 0 Å². The lowest BCUT2D eigenvalue weighted by Gasteiger charge is -2.18. The number of nitrogens with zero attached hydrogens (tertiary/aromatic N) is 2. The van der Waals surface area contributed by atoms with Gasteiger partial charge in [0.25, 0.3) is 0 Å². The molecule has 0 aromatic rings. The second-order valence-electron chi connectivity index (χ2n) is 3.46. The molecule has 1 unspecified atom stereocenters. The minimum absolute atomic E-state index is 0.789. The first kappa shape index (κ1) is 10.7. The minimum Gasteiger partial charge on any atom is -0.355 e. The molecular weight excluding hydrogens is 182 g/mol. The maximum Gasteiger partial charge on any atom is 0.193 e. The molecule has 0 saturated carbocycles. The zero-order valence-corrected chi connectivity index (χ0v) is 9.52. The molecule has 3 nitrogen and oxygen atoms in total. The van der Waals surface area contributed by atoms with Gasteiger partial charge in [0.1, 0.15) is 0 Å². The zero-order valence-electron chi connectivity index (χ0n) is 8.71. The van der Waals surface area contributed by atoms with Crippen LogP contribution in [0.3, 0.4) is 0 Å². The summed E-state index contributed by atoms with van der Waals surface area (Å²) in [5.41, 5.74) is 0. The smallest absolute Gasteiger partial charge is 0.193 e. The minimum atomic E-state index is 0.789. The monoisotopic (exact) mass is 201 g/mol. The highest BCUT2D eigenvalue weighted by molar-refractivity contribution is 8.00. The molecule has 0 radical (unpaired) electrons. The van der Waals surface area contributed by atoms with Gasteiger partial charge in [-0.05, 0) is 18.6 Å². The summed E-state index contributed by atoms with van der Waals surface area (Å²) in [6.07, 6.45) is 2.72. The molecule has 1 heterocycles. The summed E-state index contributed by atoms with van der Waals surface area (Å²) in [5, 5.41) is 4.15. The molecule has 1 N–H and O–H groups in total. The van der Waals surface area contributed by atoms with E-state index < -0.39 is 0 Å². The lowest BCUT2D eigenvalue weighted by Crippen LogP contribution is -2.39. The first-order valence-electron chi connectivity index (χ1n) is 4.73. The van der Waals surface area contributed by atoms with Crippen molar-refractivity contribution in [3.63, 3.8) is 0 Å². The van der Waals surface area contributed by atoms with Gasteiger partial charge in [0.05, 0.1) is 0 Å². The predicted octanol–water partition coefficient (Wildman–Crippen LogP) is 1.02. The fourth-order valence-corrected chi connectivity index (χ4v) is 2.65. The van der Waals surface area contributed by atoms with Gasteiger partial charge in [0.15, 0.2) is 5.96 Å². The molecule has 1 aliphatic rings. The fraction of sp³-hybridized carbons (Fsp3) is 0.889. The standard InChI is InChI=1S/C9H19N3S/c1-10-9(12(2)3)11-7-8-5-4-6-13-8/h8H,4-7H2,1-3H3,(H,10,11). The molecule has 1 rings (SSSR count). The van der Waals surface area contributed by atoms with Crippen molar-refractivity contribution in [2.24, 2.45) is 4.99 Å². The second kappa shape index (κ2) is 5.37. The number of rotatable bonds is 2. The van der Waals surface area contributed by atoms with Gasteiger partial charge in [-0.2, -0.15) is 11.8 Å². The number of hydrogen-bond acceptors (Lipinski definition) is 2. The molecule has 4 heteroatoms. The van der Waals surface area contributed by atoms with Gasteiger partial charge < -0.3 is 10.2 Å². The van der Waals surface area contributed by atoms with Crippen LogP contribution in [0.5, 0.6) is 0 Å². The summed E-state index contributed by atoms with van der Waals surface area (Å²) in [6, 6.07) is 0. The topological polar surface area (TPSA) is 27.6 Å². The summed E-state index contributed by atoms with van der Waals surface area (Å²) >= 11 is 2.07. The van der Waals surface area contributed by atoms with Crippen molar-refractivity contribution >= 4 is 17.7 Å². The van der Waals surface area contributed by atoms with Crippen LogP contribution in [-0.2, 0) is 0 Å². The Morgan fingerprint density at radius 2 is 2.38 bits per heavy atom. The van der Waals surface area contributed by atoms with E-state index in [9.17, 15) is 0 Å². The summed E-state index contributed by atoms with van der Waals surface area (Å²) in [4.78, 5) is 6.18. The normalized spacial score (nSPS) is 23.3. The Labute approximate surface area is 85.0 Å². The lowest BCUT2D eigenvalue weighted by molar-refractivity contribution is 0.578. The highest BCUT2D eigenvalue weighted by Gasteiger charge is 2.15. The Morgan fingerprint density at radius 1 is 1.62 bits per heavy atom. The molecule has 1 fully saturated rings. The number of guanidine groups is 1. The molecule has 0 aliphatic carbocycles. The molecule has 0 spiro atoms. The SMILES string of the molecule is CN=C(NCC1CCCS1)N(C)C. The van der Waals surface area contributed by atoms with E-state index in [1.54, 1.807) is 0 Å². The van der Waals surface area contributed by atoms with Crippen LogP contribution in [0.2, 0.25) is 0 Å². The summed E-state index contributed by atoms with van der Waals surface area (Å²) < 4.78 is 0. The molecule has 0 amide bonds. The Bertz CT molecular complexity index is 174. The van der Waals surface area contributed by atoms with E-state index in [1.165, 1.54) is 18.6 Å². The summed E-state index contributed by atoms with van der Waals surface area (Å²) in [5.74, 6) is 2.31. The van der Waals surface area contributed by atoms with E-state index in [2.05, 4.69) is 22.1 Å². The third-order valence-electron chi connectivity index (χ3n) is 2.15. The average molecular weight is 201 g/mol.